The first-order chi connectivity index (χ1) is 12.1. The minimum atomic E-state index is -0.452. The van der Waals surface area contributed by atoms with E-state index >= 15 is 0 Å². The summed E-state index contributed by atoms with van der Waals surface area (Å²) in [5.41, 5.74) is 1.85. The number of nitrogens with zero attached hydrogens (tertiary/aromatic N) is 1. The summed E-state index contributed by atoms with van der Waals surface area (Å²) >= 11 is 1.44. The molecule has 0 saturated carbocycles. The Bertz CT molecular complexity index is 908. The average Bonchev–Trinajstić information content (AvgIpc) is 2.97. The Hall–Kier alpha value is -2.73. The summed E-state index contributed by atoms with van der Waals surface area (Å²) in [6.07, 6.45) is 0.146. The lowest BCUT2D eigenvalue weighted by molar-refractivity contribution is -0.115. The van der Waals surface area contributed by atoms with E-state index in [-0.39, 0.29) is 18.0 Å². The van der Waals surface area contributed by atoms with Crippen LogP contribution in [0.25, 0.3) is 10.6 Å². The van der Waals surface area contributed by atoms with Crippen LogP contribution in [0.5, 0.6) is 5.75 Å². The standard InChI is InChI=1S/C19H17FN2O2S/c1-12-17(11-18(23)22-15-9-5-4-8-14(15)20)25-19(21-12)13-7-3-6-10-16(13)24-2/h3-10H,11H2,1-2H3,(H,22,23). The van der Waals surface area contributed by atoms with E-state index in [1.54, 1.807) is 19.2 Å². The maximum absolute atomic E-state index is 13.6. The number of amides is 1. The van der Waals surface area contributed by atoms with Gasteiger partial charge in [0.05, 0.1) is 30.5 Å². The number of methoxy groups -OCH3 is 1. The molecule has 2 aromatic carbocycles. The summed E-state index contributed by atoms with van der Waals surface area (Å²) in [5.74, 6) is 0.00798. The molecule has 0 saturated heterocycles. The summed E-state index contributed by atoms with van der Waals surface area (Å²) in [4.78, 5) is 17.6. The van der Waals surface area contributed by atoms with Crippen molar-refractivity contribution in [2.75, 3.05) is 12.4 Å². The van der Waals surface area contributed by atoms with E-state index in [1.807, 2.05) is 31.2 Å². The van der Waals surface area contributed by atoms with E-state index in [2.05, 4.69) is 10.3 Å². The Morgan fingerprint density at radius 2 is 1.92 bits per heavy atom. The van der Waals surface area contributed by atoms with Gasteiger partial charge in [-0.05, 0) is 31.2 Å². The summed E-state index contributed by atoms with van der Waals surface area (Å²) in [6.45, 7) is 1.86. The lowest BCUT2D eigenvalue weighted by Crippen LogP contribution is -2.15. The highest BCUT2D eigenvalue weighted by atomic mass is 32.1. The number of carbonyl (C=O) groups excluding carboxylic acids is 1. The van der Waals surface area contributed by atoms with Crippen LogP contribution in [0.2, 0.25) is 0 Å². The van der Waals surface area contributed by atoms with E-state index in [1.165, 1.54) is 23.5 Å². The van der Waals surface area contributed by atoms with E-state index in [4.69, 9.17) is 4.74 Å². The van der Waals surface area contributed by atoms with Crippen molar-refractivity contribution in [3.63, 3.8) is 0 Å². The summed E-state index contributed by atoms with van der Waals surface area (Å²) in [6, 6.07) is 13.7. The van der Waals surface area contributed by atoms with Crippen LogP contribution in [0.15, 0.2) is 48.5 Å². The normalized spacial score (nSPS) is 10.5. The molecule has 1 heterocycles. The first-order valence-electron chi connectivity index (χ1n) is 7.72. The Kier molecular flexibility index (Phi) is 5.09. The molecule has 0 aliphatic rings. The molecule has 6 heteroatoms. The number of rotatable bonds is 5. The van der Waals surface area contributed by atoms with Crippen molar-refractivity contribution in [1.82, 2.24) is 4.98 Å². The van der Waals surface area contributed by atoms with Gasteiger partial charge in [0, 0.05) is 4.88 Å². The molecule has 0 bridgehead atoms. The number of aryl methyl sites for hydroxylation is 1. The van der Waals surface area contributed by atoms with Gasteiger partial charge in [-0.3, -0.25) is 4.79 Å². The van der Waals surface area contributed by atoms with Crippen LogP contribution in [-0.2, 0) is 11.2 Å². The van der Waals surface area contributed by atoms with Crippen LogP contribution in [0.4, 0.5) is 10.1 Å². The molecule has 0 aliphatic heterocycles. The summed E-state index contributed by atoms with van der Waals surface area (Å²) in [7, 11) is 1.61. The van der Waals surface area contributed by atoms with Crippen molar-refractivity contribution < 1.29 is 13.9 Å². The molecule has 0 aliphatic carbocycles. The molecule has 25 heavy (non-hydrogen) atoms. The predicted octanol–water partition coefficient (Wildman–Crippen LogP) is 4.45. The molecule has 0 radical (unpaired) electrons. The minimum Gasteiger partial charge on any atom is -0.496 e. The van der Waals surface area contributed by atoms with Crippen LogP contribution in [-0.4, -0.2) is 18.0 Å². The van der Waals surface area contributed by atoms with Gasteiger partial charge in [-0.25, -0.2) is 9.37 Å². The number of carbonyl (C=O) groups is 1. The van der Waals surface area contributed by atoms with Crippen LogP contribution in [0.1, 0.15) is 10.6 Å². The highest BCUT2D eigenvalue weighted by Crippen LogP contribution is 2.34. The van der Waals surface area contributed by atoms with Gasteiger partial charge in [0.15, 0.2) is 0 Å². The van der Waals surface area contributed by atoms with Crippen molar-refractivity contribution in [1.29, 1.82) is 0 Å². The number of hydrogen-bond acceptors (Lipinski definition) is 4. The van der Waals surface area contributed by atoms with Gasteiger partial charge in [0.2, 0.25) is 5.91 Å². The lowest BCUT2D eigenvalue weighted by atomic mass is 10.2. The van der Waals surface area contributed by atoms with Gasteiger partial charge in [-0.2, -0.15) is 0 Å². The maximum atomic E-state index is 13.6. The molecular formula is C19H17FN2O2S. The predicted molar refractivity (Wildman–Crippen MR) is 97.6 cm³/mol. The topological polar surface area (TPSA) is 51.2 Å². The molecule has 1 amide bonds. The molecule has 3 rings (SSSR count). The molecule has 0 spiro atoms. The van der Waals surface area contributed by atoms with Gasteiger partial charge in [-0.15, -0.1) is 11.3 Å². The van der Waals surface area contributed by atoms with Gasteiger partial charge in [-0.1, -0.05) is 24.3 Å². The number of halogens is 1. The SMILES string of the molecule is COc1ccccc1-c1nc(C)c(CC(=O)Nc2ccccc2F)s1. The molecule has 4 nitrogen and oxygen atoms in total. The van der Waals surface area contributed by atoms with Crippen LogP contribution in [0, 0.1) is 12.7 Å². The Labute approximate surface area is 149 Å². The third kappa shape index (κ3) is 3.85. The monoisotopic (exact) mass is 356 g/mol. The molecule has 0 fully saturated rings. The zero-order chi connectivity index (χ0) is 17.8. The van der Waals surface area contributed by atoms with Gasteiger partial charge in [0.1, 0.15) is 16.6 Å². The maximum Gasteiger partial charge on any atom is 0.229 e. The van der Waals surface area contributed by atoms with E-state index in [0.717, 1.165) is 26.9 Å². The summed E-state index contributed by atoms with van der Waals surface area (Å²) in [5, 5.41) is 3.39. The number of nitrogens with one attached hydrogen (secondary N) is 1. The highest BCUT2D eigenvalue weighted by Gasteiger charge is 2.16. The van der Waals surface area contributed by atoms with Gasteiger partial charge in [0.25, 0.3) is 0 Å². The molecule has 3 aromatic rings. The van der Waals surface area contributed by atoms with Gasteiger partial charge < -0.3 is 10.1 Å². The number of benzene rings is 2. The third-order valence-electron chi connectivity index (χ3n) is 3.70. The molecule has 1 aromatic heterocycles. The molecule has 128 valence electrons. The fourth-order valence-electron chi connectivity index (χ4n) is 2.43. The van der Waals surface area contributed by atoms with E-state index in [9.17, 15) is 9.18 Å². The Balaban J connectivity index is 1.79. The minimum absolute atomic E-state index is 0.146. The quantitative estimate of drug-likeness (QED) is 0.735. The molecular weight excluding hydrogens is 339 g/mol. The van der Waals surface area contributed by atoms with E-state index < -0.39 is 5.82 Å². The average molecular weight is 356 g/mol. The van der Waals surface area contributed by atoms with Crippen molar-refractivity contribution in [2.24, 2.45) is 0 Å². The van der Waals surface area contributed by atoms with Crippen molar-refractivity contribution in [3.05, 3.63) is 64.9 Å². The second-order valence-corrected chi connectivity index (χ2v) is 6.52. The fraction of sp³-hybridized carbons (Fsp3) is 0.158. The Morgan fingerprint density at radius 1 is 1.20 bits per heavy atom. The van der Waals surface area contributed by atoms with Crippen LogP contribution in [0.3, 0.4) is 0 Å². The summed E-state index contributed by atoms with van der Waals surface area (Å²) < 4.78 is 19.0. The fourth-order valence-corrected chi connectivity index (χ4v) is 3.52. The second-order valence-electron chi connectivity index (χ2n) is 5.43. The van der Waals surface area contributed by atoms with Crippen molar-refractivity contribution in [2.45, 2.75) is 13.3 Å². The number of hydrogen-bond donors (Lipinski definition) is 1. The van der Waals surface area contributed by atoms with Crippen LogP contribution < -0.4 is 10.1 Å². The first kappa shape index (κ1) is 17.1. The highest BCUT2D eigenvalue weighted by molar-refractivity contribution is 7.15. The van der Waals surface area contributed by atoms with Gasteiger partial charge >= 0.3 is 0 Å². The molecule has 0 unspecified atom stereocenters. The first-order valence-corrected chi connectivity index (χ1v) is 8.54. The molecule has 0 atom stereocenters. The smallest absolute Gasteiger partial charge is 0.229 e. The number of ether oxygens (including phenoxy) is 1. The number of thiazole rings is 1. The number of anilines is 1. The lowest BCUT2D eigenvalue weighted by Gasteiger charge is -2.05. The van der Waals surface area contributed by atoms with Crippen LogP contribution >= 0.6 is 11.3 Å². The zero-order valence-corrected chi connectivity index (χ0v) is 14.7. The molecule has 1 N–H and O–H groups in total. The Morgan fingerprint density at radius 3 is 2.68 bits per heavy atom. The third-order valence-corrected chi connectivity index (χ3v) is 4.89. The number of para-hydroxylation sites is 2. The van der Waals surface area contributed by atoms with E-state index in [0.29, 0.717) is 0 Å². The zero-order valence-electron chi connectivity index (χ0n) is 13.9. The largest absolute Gasteiger partial charge is 0.496 e. The van der Waals surface area contributed by atoms with Crippen molar-refractivity contribution >= 4 is 22.9 Å². The number of aromatic nitrogens is 1. The van der Waals surface area contributed by atoms with Crippen molar-refractivity contribution in [3.8, 4) is 16.3 Å². The second kappa shape index (κ2) is 7.44.